The summed E-state index contributed by atoms with van der Waals surface area (Å²) in [4.78, 5) is 13.4. The second-order valence-corrected chi connectivity index (χ2v) is 4.28. The number of carbonyl (C=O) groups is 1. The van der Waals surface area contributed by atoms with Crippen molar-refractivity contribution in [3.8, 4) is 0 Å². The minimum Gasteiger partial charge on any atom is -0.368 e. The molecule has 1 aliphatic rings. The van der Waals surface area contributed by atoms with E-state index >= 15 is 0 Å². The molecule has 0 aliphatic carbocycles. The van der Waals surface area contributed by atoms with Crippen LogP contribution in [0.1, 0.15) is 33.6 Å². The standard InChI is InChI=1S/C10H20N2O/c1-7(2)8(3)12-6-4-5-9(12)10(11)13/h7-9H,4-6H2,1-3H3,(H2,11,13)/t8-,9?/m1/s1. The highest BCUT2D eigenvalue weighted by Gasteiger charge is 2.32. The van der Waals surface area contributed by atoms with E-state index in [0.717, 1.165) is 19.4 Å². The number of nitrogens with zero attached hydrogens (tertiary/aromatic N) is 1. The molecule has 0 bridgehead atoms. The summed E-state index contributed by atoms with van der Waals surface area (Å²) in [5.74, 6) is 0.421. The molecule has 0 spiro atoms. The number of hydrogen-bond acceptors (Lipinski definition) is 2. The molecule has 0 aromatic heterocycles. The molecule has 0 radical (unpaired) electrons. The molecule has 1 saturated heterocycles. The van der Waals surface area contributed by atoms with Gasteiger partial charge >= 0.3 is 0 Å². The van der Waals surface area contributed by atoms with E-state index < -0.39 is 0 Å². The van der Waals surface area contributed by atoms with Crippen molar-refractivity contribution in [1.29, 1.82) is 0 Å². The molecule has 0 aromatic rings. The molecule has 3 heteroatoms. The van der Waals surface area contributed by atoms with E-state index in [2.05, 4.69) is 25.7 Å². The molecule has 2 N–H and O–H groups in total. The van der Waals surface area contributed by atoms with Gasteiger partial charge in [0, 0.05) is 6.04 Å². The molecule has 3 nitrogen and oxygen atoms in total. The Morgan fingerprint density at radius 1 is 1.46 bits per heavy atom. The van der Waals surface area contributed by atoms with E-state index in [9.17, 15) is 4.79 Å². The van der Waals surface area contributed by atoms with Crippen LogP contribution < -0.4 is 5.73 Å². The minimum absolute atomic E-state index is 0.0163. The van der Waals surface area contributed by atoms with E-state index in [0.29, 0.717) is 12.0 Å². The van der Waals surface area contributed by atoms with Crippen molar-refractivity contribution >= 4 is 5.91 Å². The van der Waals surface area contributed by atoms with Gasteiger partial charge in [-0.3, -0.25) is 9.69 Å². The van der Waals surface area contributed by atoms with Crippen LogP contribution in [0.25, 0.3) is 0 Å². The van der Waals surface area contributed by atoms with Gasteiger partial charge in [0.25, 0.3) is 0 Å². The summed E-state index contributed by atoms with van der Waals surface area (Å²) in [5, 5.41) is 0. The quantitative estimate of drug-likeness (QED) is 0.710. The maximum absolute atomic E-state index is 11.1. The van der Waals surface area contributed by atoms with Crippen LogP contribution >= 0.6 is 0 Å². The van der Waals surface area contributed by atoms with Gasteiger partial charge in [0.2, 0.25) is 5.91 Å². The van der Waals surface area contributed by atoms with Crippen LogP contribution in [0.2, 0.25) is 0 Å². The average Bonchev–Trinajstić information content (AvgIpc) is 2.50. The molecule has 76 valence electrons. The first-order chi connectivity index (χ1) is 6.04. The van der Waals surface area contributed by atoms with Crippen molar-refractivity contribution < 1.29 is 4.79 Å². The summed E-state index contributed by atoms with van der Waals surface area (Å²) in [6, 6.07) is 0.442. The zero-order chi connectivity index (χ0) is 10.0. The molecule has 1 heterocycles. The molecule has 1 fully saturated rings. The largest absolute Gasteiger partial charge is 0.368 e. The lowest BCUT2D eigenvalue weighted by Gasteiger charge is -2.31. The van der Waals surface area contributed by atoms with Gasteiger partial charge in [0.1, 0.15) is 0 Å². The lowest BCUT2D eigenvalue weighted by Crippen LogP contribution is -2.46. The van der Waals surface area contributed by atoms with E-state index in [4.69, 9.17) is 5.73 Å². The third-order valence-corrected chi connectivity index (χ3v) is 3.11. The zero-order valence-corrected chi connectivity index (χ0v) is 8.79. The number of likely N-dealkylation sites (tertiary alicyclic amines) is 1. The van der Waals surface area contributed by atoms with Gasteiger partial charge in [-0.2, -0.15) is 0 Å². The number of carbonyl (C=O) groups excluding carboxylic acids is 1. The molecule has 0 aromatic carbocycles. The van der Waals surface area contributed by atoms with E-state index in [1.54, 1.807) is 0 Å². The van der Waals surface area contributed by atoms with Crippen molar-refractivity contribution in [3.63, 3.8) is 0 Å². The third kappa shape index (κ3) is 2.21. The molecule has 2 atom stereocenters. The zero-order valence-electron chi connectivity index (χ0n) is 8.79. The van der Waals surface area contributed by atoms with E-state index in [1.165, 1.54) is 0 Å². The van der Waals surface area contributed by atoms with Gasteiger partial charge in [0.15, 0.2) is 0 Å². The number of primary amides is 1. The smallest absolute Gasteiger partial charge is 0.234 e. The first kappa shape index (κ1) is 10.5. The summed E-state index contributed by atoms with van der Waals surface area (Å²) >= 11 is 0. The highest BCUT2D eigenvalue weighted by Crippen LogP contribution is 2.23. The SMILES string of the molecule is CC(C)[C@@H](C)N1CCCC1C(N)=O. The summed E-state index contributed by atoms with van der Waals surface area (Å²) in [6.07, 6.45) is 2.04. The molecule has 1 amide bonds. The van der Waals surface area contributed by atoms with Gasteiger partial charge in [-0.25, -0.2) is 0 Å². The van der Waals surface area contributed by atoms with Crippen molar-refractivity contribution in [2.75, 3.05) is 6.54 Å². The van der Waals surface area contributed by atoms with Crippen LogP contribution in [-0.4, -0.2) is 29.4 Å². The number of rotatable bonds is 3. The number of hydrogen-bond donors (Lipinski definition) is 1. The average molecular weight is 184 g/mol. The van der Waals surface area contributed by atoms with Crippen molar-refractivity contribution in [3.05, 3.63) is 0 Å². The van der Waals surface area contributed by atoms with Gasteiger partial charge in [-0.1, -0.05) is 13.8 Å². The summed E-state index contributed by atoms with van der Waals surface area (Å²) < 4.78 is 0. The van der Waals surface area contributed by atoms with Gasteiger partial charge in [0.05, 0.1) is 6.04 Å². The Labute approximate surface area is 80.3 Å². The predicted molar refractivity (Wildman–Crippen MR) is 53.2 cm³/mol. The number of nitrogens with two attached hydrogens (primary N) is 1. The van der Waals surface area contributed by atoms with Crippen LogP contribution in [0.3, 0.4) is 0 Å². The first-order valence-electron chi connectivity index (χ1n) is 5.09. The lowest BCUT2D eigenvalue weighted by molar-refractivity contribution is -0.123. The van der Waals surface area contributed by atoms with Crippen molar-refractivity contribution in [2.24, 2.45) is 11.7 Å². The van der Waals surface area contributed by atoms with Crippen LogP contribution in [0, 0.1) is 5.92 Å². The normalized spacial score (nSPS) is 26.6. The first-order valence-corrected chi connectivity index (χ1v) is 5.09. The molecule has 0 saturated carbocycles. The van der Waals surface area contributed by atoms with E-state index in [1.807, 2.05) is 0 Å². The maximum atomic E-state index is 11.1. The Balaban J connectivity index is 2.62. The fourth-order valence-electron chi connectivity index (χ4n) is 1.96. The summed E-state index contributed by atoms with van der Waals surface area (Å²) in [5.41, 5.74) is 5.35. The Morgan fingerprint density at radius 3 is 2.54 bits per heavy atom. The highest BCUT2D eigenvalue weighted by atomic mass is 16.1. The van der Waals surface area contributed by atoms with Crippen LogP contribution in [0.4, 0.5) is 0 Å². The second-order valence-electron chi connectivity index (χ2n) is 4.28. The molecule has 1 unspecified atom stereocenters. The molecular weight excluding hydrogens is 164 g/mol. The van der Waals surface area contributed by atoms with Gasteiger partial charge < -0.3 is 5.73 Å². The van der Waals surface area contributed by atoms with Gasteiger partial charge in [-0.05, 0) is 32.2 Å². The van der Waals surface area contributed by atoms with Crippen molar-refractivity contribution in [1.82, 2.24) is 4.90 Å². The third-order valence-electron chi connectivity index (χ3n) is 3.11. The highest BCUT2D eigenvalue weighted by molar-refractivity contribution is 5.80. The molecule has 1 rings (SSSR count). The molecular formula is C10H20N2O. The fourth-order valence-corrected chi connectivity index (χ4v) is 1.96. The Kier molecular flexibility index (Phi) is 3.31. The maximum Gasteiger partial charge on any atom is 0.234 e. The number of amides is 1. The second kappa shape index (κ2) is 4.09. The summed E-state index contributed by atoms with van der Waals surface area (Å²) in [6.45, 7) is 7.56. The Morgan fingerprint density at radius 2 is 2.08 bits per heavy atom. The fraction of sp³-hybridized carbons (Fsp3) is 0.900. The van der Waals surface area contributed by atoms with E-state index in [-0.39, 0.29) is 11.9 Å². The molecule has 13 heavy (non-hydrogen) atoms. The van der Waals surface area contributed by atoms with Crippen molar-refractivity contribution in [2.45, 2.75) is 45.7 Å². The summed E-state index contributed by atoms with van der Waals surface area (Å²) in [7, 11) is 0. The topological polar surface area (TPSA) is 46.3 Å². The predicted octanol–water partition coefficient (Wildman–Crippen LogP) is 0.981. The van der Waals surface area contributed by atoms with Crippen LogP contribution in [0.5, 0.6) is 0 Å². The van der Waals surface area contributed by atoms with Crippen LogP contribution in [-0.2, 0) is 4.79 Å². The minimum atomic E-state index is -0.162. The monoisotopic (exact) mass is 184 g/mol. The lowest BCUT2D eigenvalue weighted by atomic mass is 10.0. The van der Waals surface area contributed by atoms with Gasteiger partial charge in [-0.15, -0.1) is 0 Å². The van der Waals surface area contributed by atoms with Crippen LogP contribution in [0.15, 0.2) is 0 Å². The Bertz CT molecular complexity index is 191. The Hall–Kier alpha value is -0.570. The molecule has 1 aliphatic heterocycles.